The Balaban J connectivity index is 1.82. The van der Waals surface area contributed by atoms with Gasteiger partial charge < -0.3 is 4.74 Å². The predicted molar refractivity (Wildman–Crippen MR) is 113 cm³/mol. The van der Waals surface area contributed by atoms with E-state index >= 15 is 0 Å². The van der Waals surface area contributed by atoms with Crippen molar-refractivity contribution in [2.75, 3.05) is 6.61 Å². The van der Waals surface area contributed by atoms with Crippen LogP contribution in [0.2, 0.25) is 0 Å². The lowest BCUT2D eigenvalue weighted by atomic mass is 9.96. The summed E-state index contributed by atoms with van der Waals surface area (Å²) in [6, 6.07) is 12.8. The van der Waals surface area contributed by atoms with Crippen molar-refractivity contribution < 1.29 is 13.9 Å². The van der Waals surface area contributed by atoms with Gasteiger partial charge in [0.25, 0.3) is 0 Å². The minimum absolute atomic E-state index is 0.0327. The molecule has 0 saturated carbocycles. The number of aryl methyl sites for hydroxylation is 1. The van der Waals surface area contributed by atoms with Crippen LogP contribution in [0.4, 0.5) is 4.39 Å². The van der Waals surface area contributed by atoms with Crippen molar-refractivity contribution in [2.24, 2.45) is 0 Å². The Hall–Kier alpha value is -3.51. The highest BCUT2D eigenvalue weighted by Gasteiger charge is 2.13. The molecule has 0 atom stereocenters. The van der Waals surface area contributed by atoms with Crippen LogP contribution >= 0.6 is 0 Å². The van der Waals surface area contributed by atoms with Gasteiger partial charge in [-0.25, -0.2) is 4.39 Å². The Bertz CT molecular complexity index is 1240. The average Bonchev–Trinajstić information content (AvgIpc) is 2.75. The van der Waals surface area contributed by atoms with E-state index in [0.717, 1.165) is 39.0 Å². The second-order valence-electron chi connectivity index (χ2n) is 7.16. The first-order valence-corrected chi connectivity index (χ1v) is 9.55. The number of rotatable bonds is 6. The van der Waals surface area contributed by atoms with E-state index in [9.17, 15) is 9.18 Å². The number of ether oxygens (including phenoxy) is 1. The van der Waals surface area contributed by atoms with Gasteiger partial charge in [-0.2, -0.15) is 0 Å². The Labute approximate surface area is 173 Å². The molecule has 0 bridgehead atoms. The SMILES string of the molecule is CC(=O)COCc1cnc(-c2ccc(F)c(C)c2)c(-c2ccc3nccnc3c2)c1. The Morgan fingerprint density at radius 3 is 2.50 bits per heavy atom. The summed E-state index contributed by atoms with van der Waals surface area (Å²) in [6.07, 6.45) is 5.03. The molecule has 0 aliphatic carbocycles. The van der Waals surface area contributed by atoms with Crippen molar-refractivity contribution in [2.45, 2.75) is 20.5 Å². The summed E-state index contributed by atoms with van der Waals surface area (Å²) < 4.78 is 19.3. The quantitative estimate of drug-likeness (QED) is 0.459. The summed E-state index contributed by atoms with van der Waals surface area (Å²) in [4.78, 5) is 24.5. The van der Waals surface area contributed by atoms with Crippen LogP contribution in [0.25, 0.3) is 33.4 Å². The maximum absolute atomic E-state index is 13.8. The van der Waals surface area contributed by atoms with E-state index in [1.54, 1.807) is 37.6 Å². The summed E-state index contributed by atoms with van der Waals surface area (Å²) >= 11 is 0. The molecule has 0 aliphatic heterocycles. The molecule has 0 unspecified atom stereocenters. The van der Waals surface area contributed by atoms with Crippen molar-refractivity contribution in [1.82, 2.24) is 15.0 Å². The van der Waals surface area contributed by atoms with Crippen LogP contribution in [-0.2, 0) is 16.1 Å². The van der Waals surface area contributed by atoms with E-state index in [-0.39, 0.29) is 24.8 Å². The van der Waals surface area contributed by atoms with Gasteiger partial charge in [0.15, 0.2) is 5.78 Å². The molecule has 150 valence electrons. The number of fused-ring (bicyclic) bond motifs is 1. The minimum atomic E-state index is -0.254. The lowest BCUT2D eigenvalue weighted by Gasteiger charge is -2.13. The van der Waals surface area contributed by atoms with Crippen LogP contribution in [0.1, 0.15) is 18.1 Å². The van der Waals surface area contributed by atoms with Gasteiger partial charge in [-0.05, 0) is 66.9 Å². The molecule has 30 heavy (non-hydrogen) atoms. The third-order valence-corrected chi connectivity index (χ3v) is 4.73. The van der Waals surface area contributed by atoms with Crippen molar-refractivity contribution in [3.8, 4) is 22.4 Å². The third kappa shape index (κ3) is 4.23. The molecule has 0 saturated heterocycles. The molecule has 4 rings (SSSR count). The summed E-state index contributed by atoms with van der Waals surface area (Å²) in [5.41, 5.74) is 6.31. The number of carbonyl (C=O) groups excluding carboxylic acids is 1. The summed E-state index contributed by atoms with van der Waals surface area (Å²) in [6.45, 7) is 3.54. The molecule has 0 radical (unpaired) electrons. The van der Waals surface area contributed by atoms with Crippen LogP contribution in [0, 0.1) is 12.7 Å². The van der Waals surface area contributed by atoms with Gasteiger partial charge in [-0.3, -0.25) is 19.7 Å². The molecule has 5 nitrogen and oxygen atoms in total. The van der Waals surface area contributed by atoms with Crippen molar-refractivity contribution in [1.29, 1.82) is 0 Å². The standard InChI is InChI=1S/C24H20FN3O2/c1-15-9-19(3-5-21(15)25)24-20(10-17(12-28-24)14-30-13-16(2)29)18-4-6-22-23(11-18)27-8-7-26-22/h3-12H,13-14H2,1-2H3. The molecular weight excluding hydrogens is 381 g/mol. The fraction of sp³-hybridized carbons (Fsp3) is 0.167. The van der Waals surface area contributed by atoms with Crippen LogP contribution in [-0.4, -0.2) is 27.3 Å². The van der Waals surface area contributed by atoms with E-state index in [0.29, 0.717) is 5.56 Å². The second kappa shape index (κ2) is 8.47. The average molecular weight is 401 g/mol. The van der Waals surface area contributed by atoms with Gasteiger partial charge in [0.1, 0.15) is 12.4 Å². The van der Waals surface area contributed by atoms with Gasteiger partial charge in [0.05, 0.1) is 23.3 Å². The first kappa shape index (κ1) is 19.8. The largest absolute Gasteiger partial charge is 0.369 e. The molecule has 0 spiro atoms. The molecule has 2 heterocycles. The van der Waals surface area contributed by atoms with Crippen LogP contribution in [0.5, 0.6) is 0 Å². The van der Waals surface area contributed by atoms with E-state index in [1.165, 1.54) is 13.0 Å². The van der Waals surface area contributed by atoms with Gasteiger partial charge in [-0.1, -0.05) is 6.07 Å². The van der Waals surface area contributed by atoms with E-state index in [2.05, 4.69) is 15.0 Å². The summed E-state index contributed by atoms with van der Waals surface area (Å²) in [7, 11) is 0. The number of carbonyl (C=O) groups is 1. The molecule has 0 amide bonds. The third-order valence-electron chi connectivity index (χ3n) is 4.73. The van der Waals surface area contributed by atoms with Crippen LogP contribution < -0.4 is 0 Å². The number of nitrogens with zero attached hydrogens (tertiary/aromatic N) is 3. The number of benzene rings is 2. The molecule has 4 aromatic rings. The second-order valence-corrected chi connectivity index (χ2v) is 7.16. The van der Waals surface area contributed by atoms with Crippen molar-refractivity contribution in [3.05, 3.63) is 78.0 Å². The smallest absolute Gasteiger partial charge is 0.155 e. The van der Waals surface area contributed by atoms with Gasteiger partial charge in [0.2, 0.25) is 0 Å². The Morgan fingerprint density at radius 2 is 1.73 bits per heavy atom. The minimum Gasteiger partial charge on any atom is -0.369 e. The molecule has 0 fully saturated rings. The van der Waals surface area contributed by atoms with Gasteiger partial charge in [0, 0.05) is 29.7 Å². The number of ketones is 1. The first-order valence-electron chi connectivity index (χ1n) is 9.55. The zero-order chi connectivity index (χ0) is 21.1. The van der Waals surface area contributed by atoms with Crippen molar-refractivity contribution in [3.63, 3.8) is 0 Å². The number of halogens is 1. The highest BCUT2D eigenvalue weighted by molar-refractivity contribution is 5.87. The number of Topliss-reactive ketones (excluding diaryl/α,β-unsaturated/α-hetero) is 1. The normalized spacial score (nSPS) is 11.0. The molecule has 2 aromatic heterocycles. The van der Waals surface area contributed by atoms with Crippen LogP contribution in [0.3, 0.4) is 0 Å². The predicted octanol–water partition coefficient (Wildman–Crippen LogP) is 4.91. The fourth-order valence-corrected chi connectivity index (χ4v) is 3.27. The lowest BCUT2D eigenvalue weighted by molar-refractivity contribution is -0.121. The molecule has 6 heteroatoms. The number of aromatic nitrogens is 3. The highest BCUT2D eigenvalue weighted by atomic mass is 19.1. The zero-order valence-electron chi connectivity index (χ0n) is 16.7. The van der Waals surface area contributed by atoms with Crippen LogP contribution in [0.15, 0.2) is 61.1 Å². The molecule has 0 N–H and O–H groups in total. The molecule has 0 aliphatic rings. The maximum Gasteiger partial charge on any atom is 0.155 e. The molecular formula is C24H20FN3O2. The monoisotopic (exact) mass is 401 g/mol. The van der Waals surface area contributed by atoms with E-state index in [4.69, 9.17) is 4.74 Å². The van der Waals surface area contributed by atoms with Crippen molar-refractivity contribution >= 4 is 16.8 Å². The summed E-state index contributed by atoms with van der Waals surface area (Å²) in [5, 5.41) is 0. The zero-order valence-corrected chi connectivity index (χ0v) is 16.7. The fourth-order valence-electron chi connectivity index (χ4n) is 3.27. The topological polar surface area (TPSA) is 65.0 Å². The van der Waals surface area contributed by atoms with E-state index < -0.39 is 0 Å². The lowest BCUT2D eigenvalue weighted by Crippen LogP contribution is -2.04. The number of pyridine rings is 1. The van der Waals surface area contributed by atoms with E-state index in [1.807, 2.05) is 24.3 Å². The summed E-state index contributed by atoms with van der Waals surface area (Å²) in [5.74, 6) is -0.287. The Kier molecular flexibility index (Phi) is 5.59. The number of hydrogen-bond donors (Lipinski definition) is 0. The maximum atomic E-state index is 13.8. The van der Waals surface area contributed by atoms with Gasteiger partial charge in [-0.15, -0.1) is 0 Å². The van der Waals surface area contributed by atoms with Gasteiger partial charge >= 0.3 is 0 Å². The highest BCUT2D eigenvalue weighted by Crippen LogP contribution is 2.33. The molecule has 2 aromatic carbocycles. The first-order chi connectivity index (χ1) is 14.5. The number of hydrogen-bond acceptors (Lipinski definition) is 5. The Morgan fingerprint density at radius 1 is 0.967 bits per heavy atom.